The highest BCUT2D eigenvalue weighted by Crippen LogP contribution is 2.10. The predicted octanol–water partition coefficient (Wildman–Crippen LogP) is 1.04. The van der Waals surface area contributed by atoms with Crippen LogP contribution in [0.2, 0.25) is 0 Å². The molecule has 1 aromatic rings. The number of pyridine rings is 1. The van der Waals surface area contributed by atoms with Gasteiger partial charge in [-0.3, -0.25) is 0 Å². The Morgan fingerprint density at radius 3 is 2.94 bits per heavy atom. The molecule has 0 unspecified atom stereocenters. The summed E-state index contributed by atoms with van der Waals surface area (Å²) in [5.74, 6) is 0.654. The van der Waals surface area contributed by atoms with Crippen LogP contribution in [0.4, 0.5) is 0 Å². The number of nitrogens with zero attached hydrogens (tertiary/aromatic N) is 2. The molecule has 1 rings (SSSR count). The van der Waals surface area contributed by atoms with Gasteiger partial charge >= 0.3 is 0 Å². The van der Waals surface area contributed by atoms with Gasteiger partial charge in [0.25, 0.3) is 0 Å². The molecule has 0 aromatic carbocycles. The monoisotopic (exact) mass is 221 g/mol. The second-order valence-electron chi connectivity index (χ2n) is 3.76. The minimum Gasteiger partial charge on any atom is -0.473 e. The van der Waals surface area contributed by atoms with Gasteiger partial charge in [-0.25, -0.2) is 4.98 Å². The minimum absolute atomic E-state index is 0.510. The molecule has 16 heavy (non-hydrogen) atoms. The molecule has 0 spiro atoms. The molecule has 0 amide bonds. The third-order valence-corrected chi connectivity index (χ3v) is 1.93. The Kier molecular flexibility index (Phi) is 5.53. The van der Waals surface area contributed by atoms with Crippen LogP contribution in [0.25, 0.3) is 0 Å². The van der Waals surface area contributed by atoms with Crippen molar-refractivity contribution >= 4 is 0 Å². The first kappa shape index (κ1) is 12.7. The third-order valence-electron chi connectivity index (χ3n) is 1.93. The summed E-state index contributed by atoms with van der Waals surface area (Å²) in [5, 5.41) is 0. The zero-order valence-corrected chi connectivity index (χ0v) is 9.89. The fraction of sp³-hybridized carbons (Fsp3) is 0.417. The topological polar surface area (TPSA) is 51.4 Å². The van der Waals surface area contributed by atoms with Gasteiger partial charge in [0, 0.05) is 25.4 Å². The molecule has 2 N–H and O–H groups in total. The quantitative estimate of drug-likeness (QED) is 0.729. The van der Waals surface area contributed by atoms with E-state index < -0.39 is 0 Å². The molecule has 4 heteroatoms. The summed E-state index contributed by atoms with van der Waals surface area (Å²) < 4.78 is 5.46. The molecule has 0 saturated heterocycles. The summed E-state index contributed by atoms with van der Waals surface area (Å²) in [6.45, 7) is 1.94. The number of ether oxygens (including phenoxy) is 1. The van der Waals surface area contributed by atoms with Crippen molar-refractivity contribution < 1.29 is 4.74 Å². The third kappa shape index (κ3) is 4.91. The molecule has 0 aliphatic carbocycles. The average Bonchev–Trinajstić information content (AvgIpc) is 2.24. The van der Waals surface area contributed by atoms with E-state index >= 15 is 0 Å². The van der Waals surface area contributed by atoms with E-state index in [4.69, 9.17) is 10.5 Å². The second-order valence-corrected chi connectivity index (χ2v) is 3.76. The summed E-state index contributed by atoms with van der Waals surface area (Å²) in [5.41, 5.74) is 6.52. The number of aromatic nitrogens is 1. The van der Waals surface area contributed by atoms with Gasteiger partial charge in [-0.2, -0.15) is 0 Å². The molecule has 0 aliphatic heterocycles. The lowest BCUT2D eigenvalue weighted by atomic mass is 10.2. The van der Waals surface area contributed by atoms with Crippen LogP contribution in [0.1, 0.15) is 5.56 Å². The Morgan fingerprint density at radius 1 is 1.44 bits per heavy atom. The second kappa shape index (κ2) is 6.98. The molecule has 0 atom stereocenters. The Labute approximate surface area is 96.7 Å². The van der Waals surface area contributed by atoms with Crippen LogP contribution in [-0.2, 0) is 6.54 Å². The SMILES string of the molecule is CN(C)Cc1ccnc(OCC=CCN)c1. The highest BCUT2D eigenvalue weighted by atomic mass is 16.5. The summed E-state index contributed by atoms with van der Waals surface area (Å²) in [4.78, 5) is 6.24. The number of hydrogen-bond donors (Lipinski definition) is 1. The van der Waals surface area contributed by atoms with Crippen LogP contribution in [0.3, 0.4) is 0 Å². The molecular formula is C12H19N3O. The summed E-state index contributed by atoms with van der Waals surface area (Å²) >= 11 is 0. The van der Waals surface area contributed by atoms with Crippen molar-refractivity contribution in [3.63, 3.8) is 0 Å². The van der Waals surface area contributed by atoms with Crippen molar-refractivity contribution in [3.8, 4) is 5.88 Å². The van der Waals surface area contributed by atoms with Crippen molar-refractivity contribution in [2.24, 2.45) is 5.73 Å². The highest BCUT2D eigenvalue weighted by molar-refractivity contribution is 5.20. The van der Waals surface area contributed by atoms with Crippen molar-refractivity contribution in [1.82, 2.24) is 9.88 Å². The van der Waals surface area contributed by atoms with E-state index in [1.807, 2.05) is 38.4 Å². The molecular weight excluding hydrogens is 202 g/mol. The lowest BCUT2D eigenvalue weighted by Gasteiger charge is -2.10. The zero-order valence-electron chi connectivity index (χ0n) is 9.89. The van der Waals surface area contributed by atoms with Gasteiger partial charge in [-0.15, -0.1) is 0 Å². The Morgan fingerprint density at radius 2 is 2.25 bits per heavy atom. The van der Waals surface area contributed by atoms with Gasteiger partial charge in [0.05, 0.1) is 0 Å². The summed E-state index contributed by atoms with van der Waals surface area (Å²) in [6, 6.07) is 3.94. The van der Waals surface area contributed by atoms with Crippen LogP contribution >= 0.6 is 0 Å². The van der Waals surface area contributed by atoms with Crippen LogP contribution < -0.4 is 10.5 Å². The first-order valence-electron chi connectivity index (χ1n) is 5.30. The predicted molar refractivity (Wildman–Crippen MR) is 65.3 cm³/mol. The van der Waals surface area contributed by atoms with E-state index in [1.54, 1.807) is 6.20 Å². The fourth-order valence-electron chi connectivity index (χ4n) is 1.29. The molecule has 88 valence electrons. The van der Waals surface area contributed by atoms with Crippen molar-refractivity contribution in [2.45, 2.75) is 6.54 Å². The number of nitrogens with two attached hydrogens (primary N) is 1. The van der Waals surface area contributed by atoms with E-state index in [0.717, 1.165) is 6.54 Å². The zero-order chi connectivity index (χ0) is 11.8. The Bertz CT molecular complexity index is 337. The van der Waals surface area contributed by atoms with Crippen LogP contribution in [0.15, 0.2) is 30.5 Å². The lowest BCUT2D eigenvalue weighted by molar-refractivity contribution is 0.345. The maximum absolute atomic E-state index is 5.46. The molecule has 1 aromatic heterocycles. The van der Waals surface area contributed by atoms with E-state index in [9.17, 15) is 0 Å². The number of rotatable bonds is 6. The minimum atomic E-state index is 0.510. The Hall–Kier alpha value is -1.39. The lowest BCUT2D eigenvalue weighted by Crippen LogP contribution is -2.10. The first-order chi connectivity index (χ1) is 7.72. The van der Waals surface area contributed by atoms with Crippen LogP contribution in [0, 0.1) is 0 Å². The first-order valence-corrected chi connectivity index (χ1v) is 5.30. The van der Waals surface area contributed by atoms with Gasteiger partial charge in [-0.05, 0) is 25.7 Å². The number of hydrogen-bond acceptors (Lipinski definition) is 4. The molecule has 1 heterocycles. The molecule has 0 fully saturated rings. The maximum atomic E-state index is 5.46. The maximum Gasteiger partial charge on any atom is 0.213 e. The average molecular weight is 221 g/mol. The van der Waals surface area contributed by atoms with Crippen LogP contribution in [0.5, 0.6) is 5.88 Å². The van der Waals surface area contributed by atoms with E-state index in [-0.39, 0.29) is 0 Å². The normalized spacial score (nSPS) is 11.2. The molecule has 0 aliphatic rings. The summed E-state index contributed by atoms with van der Waals surface area (Å²) in [7, 11) is 4.07. The van der Waals surface area contributed by atoms with Crippen LogP contribution in [-0.4, -0.2) is 37.1 Å². The molecule has 0 radical (unpaired) electrons. The van der Waals surface area contributed by atoms with Crippen molar-refractivity contribution in [1.29, 1.82) is 0 Å². The van der Waals surface area contributed by atoms with Gasteiger partial charge in [0.1, 0.15) is 6.61 Å². The van der Waals surface area contributed by atoms with Gasteiger partial charge in [0.2, 0.25) is 5.88 Å². The Balaban J connectivity index is 2.50. The molecule has 0 saturated carbocycles. The summed E-state index contributed by atoms with van der Waals surface area (Å²) in [6.07, 6.45) is 5.52. The smallest absolute Gasteiger partial charge is 0.213 e. The van der Waals surface area contributed by atoms with E-state index in [0.29, 0.717) is 19.0 Å². The largest absolute Gasteiger partial charge is 0.473 e. The van der Waals surface area contributed by atoms with Gasteiger partial charge < -0.3 is 15.4 Å². The highest BCUT2D eigenvalue weighted by Gasteiger charge is 1.98. The van der Waals surface area contributed by atoms with Crippen molar-refractivity contribution in [3.05, 3.63) is 36.0 Å². The van der Waals surface area contributed by atoms with E-state index in [1.165, 1.54) is 5.56 Å². The van der Waals surface area contributed by atoms with Crippen molar-refractivity contribution in [2.75, 3.05) is 27.2 Å². The molecule has 4 nitrogen and oxygen atoms in total. The van der Waals surface area contributed by atoms with E-state index in [2.05, 4.69) is 9.88 Å². The fourth-order valence-corrected chi connectivity index (χ4v) is 1.29. The standard InChI is InChI=1S/C12H19N3O/c1-15(2)10-11-5-7-14-12(9-11)16-8-4-3-6-13/h3-5,7,9H,6,8,10,13H2,1-2H3. The van der Waals surface area contributed by atoms with Gasteiger partial charge in [-0.1, -0.05) is 12.2 Å². The molecule has 0 bridgehead atoms. The van der Waals surface area contributed by atoms with Gasteiger partial charge in [0.15, 0.2) is 0 Å².